The molecule has 1 aliphatic heterocycles. The largest absolute Gasteiger partial charge is 0.323 e. The molecular weight excluding hydrogens is 462 g/mol. The second kappa shape index (κ2) is 9.97. The number of unbranched alkanes of at least 4 members (excludes halogenated alkanes) is 1. The monoisotopic (exact) mass is 491 g/mol. The summed E-state index contributed by atoms with van der Waals surface area (Å²) >= 11 is 0. The Morgan fingerprint density at radius 2 is 1.81 bits per heavy atom. The zero-order valence-corrected chi connectivity index (χ0v) is 20.9. The van der Waals surface area contributed by atoms with E-state index < -0.39 is 0 Å². The molecule has 3 aromatic carbocycles. The number of imidazole rings is 1. The van der Waals surface area contributed by atoms with E-state index >= 15 is 0 Å². The van der Waals surface area contributed by atoms with Crippen molar-refractivity contribution in [3.05, 3.63) is 78.1 Å². The number of nitrogens with one attached hydrogen (secondary N) is 1. The van der Waals surface area contributed by atoms with E-state index in [1.807, 2.05) is 35.2 Å². The molecule has 0 unspecified atom stereocenters. The highest BCUT2D eigenvalue weighted by Crippen LogP contribution is 2.32. The maximum Gasteiger partial charge on any atom is 0.227 e. The highest BCUT2D eigenvalue weighted by Gasteiger charge is 2.25. The van der Waals surface area contributed by atoms with Crippen LogP contribution in [0.25, 0.3) is 33.5 Å². The molecule has 1 N–H and O–H groups in total. The first-order chi connectivity index (χ1) is 18.2. The Morgan fingerprint density at radius 1 is 0.973 bits per heavy atom. The molecule has 1 aliphatic rings. The quantitative estimate of drug-likeness (QED) is 0.314. The predicted molar refractivity (Wildman–Crippen MR) is 144 cm³/mol. The Morgan fingerprint density at radius 3 is 2.54 bits per heavy atom. The summed E-state index contributed by atoms with van der Waals surface area (Å²) in [5, 5.41) is 14.6. The minimum Gasteiger partial charge on any atom is -0.323 e. The molecule has 6 rings (SSSR count). The first-order valence-corrected chi connectivity index (χ1v) is 12.9. The number of tetrazole rings is 1. The number of fused-ring (bicyclic) bond motifs is 1. The number of carbonyl (C=O) groups excluding carboxylic acids is 1. The van der Waals surface area contributed by atoms with Crippen molar-refractivity contribution in [3.8, 4) is 22.5 Å². The summed E-state index contributed by atoms with van der Waals surface area (Å²) in [5.74, 6) is 1.84. The lowest BCUT2D eigenvalue weighted by molar-refractivity contribution is -0.117. The molecule has 0 spiro atoms. The van der Waals surface area contributed by atoms with Gasteiger partial charge in [0.25, 0.3) is 0 Å². The van der Waals surface area contributed by atoms with E-state index in [4.69, 9.17) is 4.98 Å². The molecule has 0 bridgehead atoms. The number of benzene rings is 3. The van der Waals surface area contributed by atoms with Gasteiger partial charge in [-0.1, -0.05) is 67.9 Å². The second-order valence-electron chi connectivity index (χ2n) is 9.49. The van der Waals surface area contributed by atoms with Crippen LogP contribution in [-0.2, 0) is 17.8 Å². The van der Waals surface area contributed by atoms with Crippen LogP contribution < -0.4 is 4.90 Å². The summed E-state index contributed by atoms with van der Waals surface area (Å²) in [6.07, 6.45) is 4.61. The second-order valence-corrected chi connectivity index (χ2v) is 9.49. The van der Waals surface area contributed by atoms with Crippen molar-refractivity contribution in [2.45, 2.75) is 45.6 Å². The molecule has 2 aromatic heterocycles. The van der Waals surface area contributed by atoms with Gasteiger partial charge in [-0.05, 0) is 46.9 Å². The summed E-state index contributed by atoms with van der Waals surface area (Å²) in [7, 11) is 0. The van der Waals surface area contributed by atoms with Gasteiger partial charge < -0.3 is 9.47 Å². The Bertz CT molecular complexity index is 1540. The molecule has 1 saturated heterocycles. The van der Waals surface area contributed by atoms with Gasteiger partial charge in [-0.3, -0.25) is 4.79 Å². The van der Waals surface area contributed by atoms with Crippen LogP contribution in [0.2, 0.25) is 0 Å². The number of aryl methyl sites for hydroxylation is 1. The fourth-order valence-corrected chi connectivity index (χ4v) is 5.18. The Balaban J connectivity index is 1.35. The van der Waals surface area contributed by atoms with Crippen LogP contribution in [0.5, 0.6) is 0 Å². The number of rotatable bonds is 8. The zero-order valence-electron chi connectivity index (χ0n) is 20.9. The highest BCUT2D eigenvalue weighted by molar-refractivity contribution is 6.02. The van der Waals surface area contributed by atoms with E-state index in [9.17, 15) is 4.79 Å². The zero-order chi connectivity index (χ0) is 25.2. The molecule has 37 heavy (non-hydrogen) atoms. The third-order valence-corrected chi connectivity index (χ3v) is 7.07. The number of para-hydroxylation sites is 1. The fraction of sp³-hybridized carbons (Fsp3) is 0.276. The molecule has 5 aromatic rings. The number of nitrogens with zero attached hydrogens (tertiary/aromatic N) is 6. The van der Waals surface area contributed by atoms with E-state index in [0.717, 1.165) is 78.0 Å². The van der Waals surface area contributed by atoms with Crippen LogP contribution in [0.3, 0.4) is 0 Å². The molecule has 0 atom stereocenters. The molecule has 3 heterocycles. The highest BCUT2D eigenvalue weighted by atomic mass is 16.2. The van der Waals surface area contributed by atoms with Crippen LogP contribution in [0.15, 0.2) is 66.7 Å². The molecule has 1 fully saturated rings. The summed E-state index contributed by atoms with van der Waals surface area (Å²) in [6, 6.07) is 22.9. The molecule has 0 aliphatic carbocycles. The van der Waals surface area contributed by atoms with E-state index in [-0.39, 0.29) is 5.91 Å². The van der Waals surface area contributed by atoms with Gasteiger partial charge in [-0.15, -0.1) is 10.2 Å². The van der Waals surface area contributed by atoms with E-state index in [0.29, 0.717) is 12.2 Å². The maximum atomic E-state index is 12.5. The smallest absolute Gasteiger partial charge is 0.227 e. The molecule has 0 saturated carbocycles. The molecular formula is C29H29N7O. The predicted octanol–water partition coefficient (Wildman–Crippen LogP) is 5.40. The van der Waals surface area contributed by atoms with Crippen LogP contribution in [0.4, 0.5) is 5.69 Å². The number of amides is 1. The summed E-state index contributed by atoms with van der Waals surface area (Å²) in [6.45, 7) is 3.69. The number of carbonyl (C=O) groups is 1. The van der Waals surface area contributed by atoms with Gasteiger partial charge in [0.05, 0.1) is 11.2 Å². The van der Waals surface area contributed by atoms with Gasteiger partial charge in [0.1, 0.15) is 11.3 Å². The van der Waals surface area contributed by atoms with Crippen LogP contribution >= 0.6 is 0 Å². The average molecular weight is 492 g/mol. The first kappa shape index (κ1) is 23.1. The van der Waals surface area contributed by atoms with Crippen molar-refractivity contribution >= 4 is 22.6 Å². The third kappa shape index (κ3) is 4.39. The van der Waals surface area contributed by atoms with E-state index in [1.165, 1.54) is 5.56 Å². The van der Waals surface area contributed by atoms with Crippen LogP contribution in [0, 0.1) is 0 Å². The lowest BCUT2D eigenvalue weighted by Crippen LogP contribution is -2.23. The topological polar surface area (TPSA) is 92.6 Å². The number of aromatic amines is 1. The average Bonchev–Trinajstić information content (AvgIpc) is 3.69. The van der Waals surface area contributed by atoms with Gasteiger partial charge >= 0.3 is 0 Å². The minimum absolute atomic E-state index is 0.189. The van der Waals surface area contributed by atoms with Gasteiger partial charge in [0.15, 0.2) is 0 Å². The number of H-pyrrole nitrogens is 1. The Labute approximate surface area is 215 Å². The molecule has 8 nitrogen and oxygen atoms in total. The normalized spacial score (nSPS) is 13.6. The van der Waals surface area contributed by atoms with E-state index in [2.05, 4.69) is 68.5 Å². The molecule has 186 valence electrons. The first-order valence-electron chi connectivity index (χ1n) is 12.9. The van der Waals surface area contributed by atoms with Crippen molar-refractivity contribution in [2.75, 3.05) is 11.4 Å². The minimum atomic E-state index is 0.189. The lowest BCUT2D eigenvalue weighted by atomic mass is 9.98. The third-order valence-electron chi connectivity index (χ3n) is 7.07. The van der Waals surface area contributed by atoms with Crippen LogP contribution in [0.1, 0.15) is 44.0 Å². The fourth-order valence-electron chi connectivity index (χ4n) is 5.18. The number of anilines is 1. The molecule has 1 amide bonds. The van der Waals surface area contributed by atoms with Gasteiger partial charge in [0.2, 0.25) is 11.7 Å². The summed E-state index contributed by atoms with van der Waals surface area (Å²) in [5.41, 5.74) is 7.23. The summed E-state index contributed by atoms with van der Waals surface area (Å²) in [4.78, 5) is 19.5. The van der Waals surface area contributed by atoms with Crippen LogP contribution in [-0.4, -0.2) is 42.6 Å². The van der Waals surface area contributed by atoms with Gasteiger partial charge in [-0.25, -0.2) is 4.98 Å². The standard InChI is InChI=1S/C29H29N7O/c1-2-3-12-26-30-28-24(35-18-7-13-27(35)37)10-6-11-25(28)36(26)19-20-14-16-21(17-15-20)22-8-4-5-9-23(22)29-31-33-34-32-29/h4-6,8-11,14-17H,2-3,7,12-13,18-19H2,1H3,(H,31,32,33,34). The van der Waals surface area contributed by atoms with Crippen molar-refractivity contribution in [1.82, 2.24) is 30.2 Å². The van der Waals surface area contributed by atoms with Crippen molar-refractivity contribution in [1.29, 1.82) is 0 Å². The van der Waals surface area contributed by atoms with Crippen molar-refractivity contribution in [2.24, 2.45) is 0 Å². The van der Waals surface area contributed by atoms with Gasteiger partial charge in [0, 0.05) is 31.5 Å². The van der Waals surface area contributed by atoms with Crippen molar-refractivity contribution < 1.29 is 4.79 Å². The number of aromatic nitrogens is 6. The molecule has 0 radical (unpaired) electrons. The lowest BCUT2D eigenvalue weighted by Gasteiger charge is -2.16. The van der Waals surface area contributed by atoms with Gasteiger partial charge in [-0.2, -0.15) is 5.21 Å². The maximum absolute atomic E-state index is 12.5. The number of hydrogen-bond acceptors (Lipinski definition) is 5. The van der Waals surface area contributed by atoms with E-state index in [1.54, 1.807) is 0 Å². The Kier molecular flexibility index (Phi) is 6.22. The SMILES string of the molecule is CCCCc1nc2c(N3CCCC3=O)cccc2n1Cc1ccc(-c2ccccc2-c2nn[nH]n2)cc1. The summed E-state index contributed by atoms with van der Waals surface area (Å²) < 4.78 is 2.32. The van der Waals surface area contributed by atoms with Crippen molar-refractivity contribution in [3.63, 3.8) is 0 Å². The Hall–Kier alpha value is -4.33. The molecule has 8 heteroatoms. The number of hydrogen-bond donors (Lipinski definition) is 1.